The van der Waals surface area contributed by atoms with Crippen molar-refractivity contribution >= 4 is 11.0 Å². The first kappa shape index (κ1) is 17.3. The van der Waals surface area contributed by atoms with Gasteiger partial charge >= 0.3 is 11.8 Å². The fraction of sp³-hybridized carbons (Fsp3) is 0.400. The molecule has 1 atom stereocenters. The molecule has 0 radical (unpaired) electrons. The highest BCUT2D eigenvalue weighted by atomic mass is 19.4. The van der Waals surface area contributed by atoms with Crippen molar-refractivity contribution in [2.24, 2.45) is 0 Å². The fourth-order valence-electron chi connectivity index (χ4n) is 1.96. The monoisotopic (exact) mass is 332 g/mol. The van der Waals surface area contributed by atoms with Gasteiger partial charge in [-0.25, -0.2) is 4.79 Å². The predicted octanol–water partition coefficient (Wildman–Crippen LogP) is 2.59. The summed E-state index contributed by atoms with van der Waals surface area (Å²) in [6.45, 7) is 2.20. The molecular weight excluding hydrogens is 317 g/mol. The highest BCUT2D eigenvalue weighted by molar-refractivity contribution is 5.82. The number of benzene rings is 1. The van der Waals surface area contributed by atoms with Gasteiger partial charge in [0.1, 0.15) is 24.0 Å². The van der Waals surface area contributed by atoms with Crippen LogP contribution in [0.15, 0.2) is 33.5 Å². The van der Waals surface area contributed by atoms with Crippen molar-refractivity contribution < 1.29 is 32.2 Å². The summed E-state index contributed by atoms with van der Waals surface area (Å²) in [7, 11) is 0. The largest absolute Gasteiger partial charge is 0.491 e. The van der Waals surface area contributed by atoms with Gasteiger partial charge in [-0.3, -0.25) is 0 Å². The highest BCUT2D eigenvalue weighted by Gasteiger charge is 2.33. The number of alkyl halides is 3. The normalized spacial score (nSPS) is 13.3. The standard InChI is InChI=1S/C15H15F3O5/c1-2-21-7-9(19)8-22-10-3-4-11-12(15(16,17)18)6-14(20)23-13(11)5-10/h3-6,9,19H,2,7-8H2,1H3/t9-/m0/s1. The van der Waals surface area contributed by atoms with E-state index in [9.17, 15) is 23.1 Å². The minimum absolute atomic E-state index is 0.0807. The summed E-state index contributed by atoms with van der Waals surface area (Å²) in [6.07, 6.45) is -5.54. The lowest BCUT2D eigenvalue weighted by atomic mass is 10.1. The van der Waals surface area contributed by atoms with E-state index in [1.807, 2.05) is 0 Å². The first-order valence-electron chi connectivity index (χ1n) is 6.85. The van der Waals surface area contributed by atoms with Crippen molar-refractivity contribution in [1.29, 1.82) is 0 Å². The summed E-state index contributed by atoms with van der Waals surface area (Å²) in [6, 6.07) is 4.06. The van der Waals surface area contributed by atoms with Gasteiger partial charge in [-0.15, -0.1) is 0 Å². The minimum atomic E-state index is -4.66. The van der Waals surface area contributed by atoms with Crippen LogP contribution in [-0.2, 0) is 10.9 Å². The molecule has 0 aliphatic rings. The van der Waals surface area contributed by atoms with Crippen molar-refractivity contribution in [1.82, 2.24) is 0 Å². The number of aliphatic hydroxyl groups excluding tert-OH is 1. The fourth-order valence-corrected chi connectivity index (χ4v) is 1.96. The Morgan fingerprint density at radius 3 is 2.65 bits per heavy atom. The van der Waals surface area contributed by atoms with Crippen molar-refractivity contribution in [3.8, 4) is 5.75 Å². The molecule has 0 saturated carbocycles. The summed E-state index contributed by atoms with van der Waals surface area (Å²) in [5, 5.41) is 9.34. The molecule has 1 N–H and O–H groups in total. The van der Waals surface area contributed by atoms with E-state index in [-0.39, 0.29) is 29.9 Å². The van der Waals surface area contributed by atoms with Gasteiger partial charge in [0.15, 0.2) is 0 Å². The topological polar surface area (TPSA) is 68.9 Å². The second-order valence-corrected chi connectivity index (χ2v) is 4.76. The van der Waals surface area contributed by atoms with Gasteiger partial charge in [-0.1, -0.05) is 0 Å². The molecule has 0 aliphatic carbocycles. The molecule has 0 saturated heterocycles. The molecule has 1 heterocycles. The van der Waals surface area contributed by atoms with Crippen LogP contribution in [0.5, 0.6) is 5.75 Å². The highest BCUT2D eigenvalue weighted by Crippen LogP contribution is 2.34. The first-order valence-corrected chi connectivity index (χ1v) is 6.85. The van der Waals surface area contributed by atoms with Crippen LogP contribution in [-0.4, -0.2) is 31.0 Å². The average molecular weight is 332 g/mol. The lowest BCUT2D eigenvalue weighted by molar-refractivity contribution is -0.136. The molecule has 0 bridgehead atoms. The van der Waals surface area contributed by atoms with E-state index in [0.29, 0.717) is 12.7 Å². The second kappa shape index (κ2) is 7.01. The molecule has 0 spiro atoms. The average Bonchev–Trinajstić information content (AvgIpc) is 2.48. The molecule has 8 heteroatoms. The third kappa shape index (κ3) is 4.46. The molecule has 0 aliphatic heterocycles. The summed E-state index contributed by atoms with van der Waals surface area (Å²) in [5.41, 5.74) is -2.40. The van der Waals surface area contributed by atoms with Crippen LogP contribution < -0.4 is 10.4 Å². The summed E-state index contributed by atoms with van der Waals surface area (Å²) in [5.74, 6) is 0.176. The van der Waals surface area contributed by atoms with Crippen molar-refractivity contribution in [2.45, 2.75) is 19.2 Å². The third-order valence-electron chi connectivity index (χ3n) is 2.98. The number of hydrogen-bond acceptors (Lipinski definition) is 5. The third-order valence-corrected chi connectivity index (χ3v) is 2.98. The number of ether oxygens (including phenoxy) is 2. The van der Waals surface area contributed by atoms with Crippen LogP contribution in [0.2, 0.25) is 0 Å². The number of aliphatic hydroxyl groups is 1. The maximum atomic E-state index is 12.9. The van der Waals surface area contributed by atoms with E-state index < -0.39 is 23.5 Å². The van der Waals surface area contributed by atoms with Gasteiger partial charge in [-0.05, 0) is 19.1 Å². The van der Waals surface area contributed by atoms with Crippen molar-refractivity contribution in [2.75, 3.05) is 19.8 Å². The van der Waals surface area contributed by atoms with Gasteiger partial charge in [0.2, 0.25) is 0 Å². The van der Waals surface area contributed by atoms with Gasteiger partial charge in [0.25, 0.3) is 0 Å². The van der Waals surface area contributed by atoms with E-state index in [1.54, 1.807) is 6.92 Å². The zero-order chi connectivity index (χ0) is 17.0. The molecule has 1 aromatic heterocycles. The Bertz CT molecular complexity index is 723. The lowest BCUT2D eigenvalue weighted by Gasteiger charge is -2.13. The van der Waals surface area contributed by atoms with Gasteiger partial charge in [-0.2, -0.15) is 13.2 Å². The SMILES string of the molecule is CCOC[C@H](O)COc1ccc2c(C(F)(F)F)cc(=O)oc2c1. The number of fused-ring (bicyclic) bond motifs is 1. The maximum Gasteiger partial charge on any atom is 0.417 e. The lowest BCUT2D eigenvalue weighted by Crippen LogP contribution is -2.23. The summed E-state index contributed by atoms with van der Waals surface area (Å²) >= 11 is 0. The van der Waals surface area contributed by atoms with Crippen LogP contribution in [0.25, 0.3) is 11.0 Å². The van der Waals surface area contributed by atoms with E-state index in [2.05, 4.69) is 0 Å². The van der Waals surface area contributed by atoms with E-state index in [4.69, 9.17) is 13.9 Å². The van der Waals surface area contributed by atoms with Crippen LogP contribution in [0, 0.1) is 0 Å². The predicted molar refractivity (Wildman–Crippen MR) is 75.5 cm³/mol. The van der Waals surface area contributed by atoms with Gasteiger partial charge < -0.3 is 19.0 Å². The molecule has 2 aromatic rings. The Kier molecular flexibility index (Phi) is 5.27. The number of hydrogen-bond donors (Lipinski definition) is 1. The Balaban J connectivity index is 2.24. The molecule has 126 valence electrons. The number of rotatable bonds is 6. The zero-order valence-electron chi connectivity index (χ0n) is 12.2. The van der Waals surface area contributed by atoms with Gasteiger partial charge in [0.05, 0.1) is 12.2 Å². The van der Waals surface area contributed by atoms with Crippen LogP contribution in [0.1, 0.15) is 12.5 Å². The quantitative estimate of drug-likeness (QED) is 0.824. The van der Waals surface area contributed by atoms with Crippen molar-refractivity contribution in [3.63, 3.8) is 0 Å². The Hall–Kier alpha value is -2.06. The van der Waals surface area contributed by atoms with E-state index in [1.165, 1.54) is 12.1 Å². The molecule has 0 unspecified atom stereocenters. The Labute approximate surface area is 129 Å². The van der Waals surface area contributed by atoms with Crippen LogP contribution in [0.3, 0.4) is 0 Å². The first-order chi connectivity index (χ1) is 10.8. The van der Waals surface area contributed by atoms with Crippen LogP contribution in [0.4, 0.5) is 13.2 Å². The van der Waals surface area contributed by atoms with Gasteiger partial charge in [0, 0.05) is 24.1 Å². The second-order valence-electron chi connectivity index (χ2n) is 4.76. The molecule has 2 rings (SSSR count). The molecule has 23 heavy (non-hydrogen) atoms. The summed E-state index contributed by atoms with van der Waals surface area (Å²) in [4.78, 5) is 11.3. The molecular formula is C15H15F3O5. The Morgan fingerprint density at radius 2 is 2.00 bits per heavy atom. The van der Waals surface area contributed by atoms with E-state index >= 15 is 0 Å². The Morgan fingerprint density at radius 1 is 1.26 bits per heavy atom. The molecule has 1 aromatic carbocycles. The molecule has 0 amide bonds. The minimum Gasteiger partial charge on any atom is -0.491 e. The maximum absolute atomic E-state index is 12.9. The number of halogens is 3. The molecule has 5 nitrogen and oxygen atoms in total. The molecule has 0 fully saturated rings. The summed E-state index contributed by atoms with van der Waals surface area (Å²) < 4.78 is 53.8. The van der Waals surface area contributed by atoms with Crippen LogP contribution >= 0.6 is 0 Å². The smallest absolute Gasteiger partial charge is 0.417 e. The zero-order valence-corrected chi connectivity index (χ0v) is 12.2. The van der Waals surface area contributed by atoms with Crippen molar-refractivity contribution in [3.05, 3.63) is 40.2 Å². The van der Waals surface area contributed by atoms with E-state index in [0.717, 1.165) is 6.07 Å².